The first-order chi connectivity index (χ1) is 15.2. The van der Waals surface area contributed by atoms with Crippen LogP contribution in [0.25, 0.3) is 0 Å². The van der Waals surface area contributed by atoms with E-state index in [0.29, 0.717) is 10.8 Å². The Morgan fingerprint density at radius 3 is 2.34 bits per heavy atom. The molecule has 2 N–H and O–H groups in total. The van der Waals surface area contributed by atoms with E-state index < -0.39 is 22.0 Å². The summed E-state index contributed by atoms with van der Waals surface area (Å²) in [5.41, 5.74) is 1.04. The van der Waals surface area contributed by atoms with E-state index in [1.165, 1.54) is 37.4 Å². The molecule has 168 valence electrons. The van der Waals surface area contributed by atoms with Crippen LogP contribution in [-0.2, 0) is 21.2 Å². The van der Waals surface area contributed by atoms with Crippen molar-refractivity contribution in [2.24, 2.45) is 0 Å². The Hall–Kier alpha value is -2.29. The van der Waals surface area contributed by atoms with Crippen molar-refractivity contribution in [2.75, 3.05) is 12.4 Å². The van der Waals surface area contributed by atoms with Gasteiger partial charge in [0.2, 0.25) is 15.9 Å². The first-order valence-electron chi connectivity index (χ1n) is 9.35. The van der Waals surface area contributed by atoms with Gasteiger partial charge in [-0.2, -0.15) is 4.72 Å². The zero-order valence-corrected chi connectivity index (χ0v) is 19.9. The zero-order valence-electron chi connectivity index (χ0n) is 16.8. The van der Waals surface area contributed by atoms with Crippen LogP contribution >= 0.6 is 34.8 Å². The van der Waals surface area contributed by atoms with E-state index >= 15 is 0 Å². The molecule has 0 aliphatic heterocycles. The fourth-order valence-corrected chi connectivity index (χ4v) is 4.80. The normalized spacial score (nSPS) is 12.2. The molecule has 3 aromatic rings. The molecule has 0 aliphatic carbocycles. The lowest BCUT2D eigenvalue weighted by Crippen LogP contribution is -2.45. The Labute approximate surface area is 201 Å². The monoisotopic (exact) mass is 512 g/mol. The number of sulfonamides is 1. The summed E-state index contributed by atoms with van der Waals surface area (Å²) in [4.78, 5) is 13.0. The number of anilines is 1. The van der Waals surface area contributed by atoms with E-state index in [9.17, 15) is 13.2 Å². The molecule has 1 atom stereocenters. The highest BCUT2D eigenvalue weighted by molar-refractivity contribution is 7.89. The lowest BCUT2D eigenvalue weighted by atomic mass is 10.1. The van der Waals surface area contributed by atoms with Crippen LogP contribution in [0.5, 0.6) is 5.75 Å². The third-order valence-electron chi connectivity index (χ3n) is 4.52. The summed E-state index contributed by atoms with van der Waals surface area (Å²) in [6.45, 7) is 0. The Kier molecular flexibility index (Phi) is 8.03. The second-order valence-electron chi connectivity index (χ2n) is 6.77. The number of carbonyl (C=O) groups excluding carboxylic acids is 1. The Balaban J connectivity index is 1.90. The van der Waals surface area contributed by atoms with E-state index in [0.717, 1.165) is 5.56 Å². The summed E-state index contributed by atoms with van der Waals surface area (Å²) >= 11 is 18.2. The van der Waals surface area contributed by atoms with Gasteiger partial charge in [0.1, 0.15) is 11.8 Å². The van der Waals surface area contributed by atoms with Gasteiger partial charge in [-0.1, -0.05) is 65.1 Å². The number of ether oxygens (including phenoxy) is 1. The predicted molar refractivity (Wildman–Crippen MR) is 127 cm³/mol. The van der Waals surface area contributed by atoms with E-state index in [-0.39, 0.29) is 27.0 Å². The topological polar surface area (TPSA) is 84.5 Å². The molecule has 0 unspecified atom stereocenters. The van der Waals surface area contributed by atoms with E-state index in [1.54, 1.807) is 30.3 Å². The molecular formula is C22H19Cl3N2O4S. The molecule has 0 heterocycles. The largest absolute Gasteiger partial charge is 0.495 e. The zero-order chi connectivity index (χ0) is 23.3. The van der Waals surface area contributed by atoms with Crippen LogP contribution < -0.4 is 14.8 Å². The number of hydrogen-bond donors (Lipinski definition) is 2. The maximum Gasteiger partial charge on any atom is 0.242 e. The number of hydrogen-bond acceptors (Lipinski definition) is 4. The standard InChI is InChI=1S/C22H19Cl3N2O4S/c1-31-21-10-8-16(13-18(21)25)32(29,30)27-20(11-14-5-3-2-4-6-14)22(28)26-19-12-15(23)7-9-17(19)24/h2-10,12-13,20,27H,11H2,1H3,(H,26,28)/t20-/m1/s1. The number of amides is 1. The van der Waals surface area contributed by atoms with Crippen LogP contribution in [0.4, 0.5) is 5.69 Å². The van der Waals surface area contributed by atoms with E-state index in [1.807, 2.05) is 6.07 Å². The first-order valence-corrected chi connectivity index (χ1v) is 12.0. The van der Waals surface area contributed by atoms with Gasteiger partial charge in [-0.15, -0.1) is 0 Å². The third kappa shape index (κ3) is 6.15. The maximum absolute atomic E-state index is 13.1. The molecule has 0 saturated heterocycles. The van der Waals surface area contributed by atoms with Gasteiger partial charge in [0.25, 0.3) is 0 Å². The van der Waals surface area contributed by atoms with Crippen molar-refractivity contribution < 1.29 is 17.9 Å². The Bertz CT molecular complexity index is 1220. The van der Waals surface area contributed by atoms with Gasteiger partial charge >= 0.3 is 0 Å². The summed E-state index contributed by atoms with van der Waals surface area (Å²) < 4.78 is 33.6. The average molecular weight is 514 g/mol. The lowest BCUT2D eigenvalue weighted by molar-refractivity contribution is -0.117. The highest BCUT2D eigenvalue weighted by atomic mass is 35.5. The van der Waals surface area contributed by atoms with Gasteiger partial charge in [0.05, 0.1) is 27.7 Å². The van der Waals surface area contributed by atoms with Crippen LogP contribution in [0.15, 0.2) is 71.6 Å². The molecule has 0 spiro atoms. The predicted octanol–water partition coefficient (Wildman–Crippen LogP) is 5.18. The van der Waals surface area contributed by atoms with Gasteiger partial charge in [-0.05, 0) is 48.4 Å². The summed E-state index contributed by atoms with van der Waals surface area (Å²) in [7, 11) is -2.67. The smallest absolute Gasteiger partial charge is 0.242 e. The molecule has 10 heteroatoms. The Morgan fingerprint density at radius 2 is 1.69 bits per heavy atom. The van der Waals surface area contributed by atoms with Crippen molar-refractivity contribution in [1.29, 1.82) is 0 Å². The first kappa shape index (κ1) is 24.4. The van der Waals surface area contributed by atoms with Gasteiger partial charge in [0, 0.05) is 5.02 Å². The lowest BCUT2D eigenvalue weighted by Gasteiger charge is -2.19. The van der Waals surface area contributed by atoms with Crippen molar-refractivity contribution in [2.45, 2.75) is 17.4 Å². The van der Waals surface area contributed by atoms with Crippen LogP contribution in [0.2, 0.25) is 15.1 Å². The molecule has 3 aromatic carbocycles. The summed E-state index contributed by atoms with van der Waals surface area (Å²) in [5, 5.41) is 3.42. The second-order valence-corrected chi connectivity index (χ2v) is 9.74. The molecule has 6 nitrogen and oxygen atoms in total. The quantitative estimate of drug-likeness (QED) is 0.434. The van der Waals surface area contributed by atoms with E-state index in [4.69, 9.17) is 39.5 Å². The highest BCUT2D eigenvalue weighted by Crippen LogP contribution is 2.28. The molecule has 0 radical (unpaired) electrons. The van der Waals surface area contributed by atoms with Crippen LogP contribution in [-0.4, -0.2) is 27.5 Å². The molecule has 32 heavy (non-hydrogen) atoms. The number of carbonyl (C=O) groups is 1. The molecule has 0 aliphatic rings. The van der Waals surface area contributed by atoms with Gasteiger partial charge in [-0.25, -0.2) is 8.42 Å². The molecule has 3 rings (SSSR count). The summed E-state index contributed by atoms with van der Waals surface area (Å²) in [5.74, 6) is -0.263. The molecule has 1 amide bonds. The fourth-order valence-electron chi connectivity index (χ4n) is 2.92. The van der Waals surface area contributed by atoms with Gasteiger partial charge in [-0.3, -0.25) is 4.79 Å². The van der Waals surface area contributed by atoms with Crippen molar-refractivity contribution >= 4 is 56.4 Å². The SMILES string of the molecule is COc1ccc(S(=O)(=O)N[C@H](Cc2ccccc2)C(=O)Nc2cc(Cl)ccc2Cl)cc1Cl. The van der Waals surface area contributed by atoms with Crippen molar-refractivity contribution in [3.8, 4) is 5.75 Å². The third-order valence-corrected chi connectivity index (χ3v) is 6.85. The minimum atomic E-state index is -4.09. The molecular weight excluding hydrogens is 495 g/mol. The number of rotatable bonds is 8. The van der Waals surface area contributed by atoms with Crippen molar-refractivity contribution in [3.05, 3.63) is 87.4 Å². The molecule has 0 bridgehead atoms. The summed E-state index contributed by atoms with van der Waals surface area (Å²) in [6.07, 6.45) is 0.105. The number of methoxy groups -OCH3 is 1. The summed E-state index contributed by atoms with van der Waals surface area (Å²) in [6, 6.07) is 16.5. The fraction of sp³-hybridized carbons (Fsp3) is 0.136. The minimum Gasteiger partial charge on any atom is -0.495 e. The minimum absolute atomic E-state index is 0.102. The second kappa shape index (κ2) is 10.6. The average Bonchev–Trinajstić information content (AvgIpc) is 2.76. The van der Waals surface area contributed by atoms with Gasteiger partial charge < -0.3 is 10.1 Å². The molecule has 0 fully saturated rings. The van der Waals surface area contributed by atoms with E-state index in [2.05, 4.69) is 10.0 Å². The highest BCUT2D eigenvalue weighted by Gasteiger charge is 2.27. The van der Waals surface area contributed by atoms with Crippen LogP contribution in [0, 0.1) is 0 Å². The Morgan fingerprint density at radius 1 is 0.969 bits per heavy atom. The molecule has 0 aromatic heterocycles. The van der Waals surface area contributed by atoms with Crippen molar-refractivity contribution in [1.82, 2.24) is 4.72 Å². The van der Waals surface area contributed by atoms with Crippen molar-refractivity contribution in [3.63, 3.8) is 0 Å². The number of halogens is 3. The van der Waals surface area contributed by atoms with Crippen LogP contribution in [0.3, 0.4) is 0 Å². The molecule has 0 saturated carbocycles. The number of benzene rings is 3. The number of nitrogens with one attached hydrogen (secondary N) is 2. The van der Waals surface area contributed by atoms with Crippen LogP contribution in [0.1, 0.15) is 5.56 Å². The van der Waals surface area contributed by atoms with Gasteiger partial charge in [0.15, 0.2) is 0 Å². The maximum atomic E-state index is 13.1.